The smallest absolute Gasteiger partial charge is 0.790 e. The van der Waals surface area contributed by atoms with Crippen LogP contribution in [0.4, 0.5) is 0 Å². The van der Waals surface area contributed by atoms with Gasteiger partial charge in [0.1, 0.15) is 6.61 Å². The Bertz CT molecular complexity index is 817. The number of hydrogen-bond acceptors (Lipinski definition) is 9. The van der Waals surface area contributed by atoms with Gasteiger partial charge in [0.15, 0.2) is 6.10 Å². The van der Waals surface area contributed by atoms with Gasteiger partial charge in [0.05, 0.1) is 14.4 Å². The number of carbonyl (C=O) groups is 3. The monoisotopic (exact) mass is 735 g/mol. The first-order chi connectivity index (χ1) is 22.6. The zero-order valence-electron chi connectivity index (χ0n) is 31.9. The summed E-state index contributed by atoms with van der Waals surface area (Å²) in [6, 6.07) is 0. The average molecular weight is 736 g/mol. The van der Waals surface area contributed by atoms with E-state index >= 15 is 0 Å². The van der Waals surface area contributed by atoms with Gasteiger partial charge in [-0.05, 0) is 19.3 Å². The fourth-order valence-corrected chi connectivity index (χ4v) is 5.86. The van der Waals surface area contributed by atoms with Crippen LogP contribution < -0.4 is 74.2 Å². The maximum atomic E-state index is 12.3. The van der Waals surface area contributed by atoms with Crippen LogP contribution in [0.3, 0.4) is 0 Å². The van der Waals surface area contributed by atoms with Gasteiger partial charge in [0.2, 0.25) is 5.91 Å². The van der Waals surface area contributed by atoms with Gasteiger partial charge in [-0.15, -0.1) is 0 Å². The second kappa shape index (κ2) is 39.7. The Kier molecular flexibility index (Phi) is 43.7. The molecule has 0 saturated carbocycles. The van der Waals surface area contributed by atoms with Crippen molar-refractivity contribution in [3.05, 3.63) is 0 Å². The third-order valence-corrected chi connectivity index (χ3v) is 8.78. The van der Waals surface area contributed by atoms with E-state index in [4.69, 9.17) is 9.47 Å². The number of carbonyl (C=O) groups excluding carboxylic acids is 3. The molecule has 0 aromatic heterocycles. The summed E-state index contributed by atoms with van der Waals surface area (Å²) >= 11 is 0. The van der Waals surface area contributed by atoms with Crippen LogP contribution in [0.1, 0.15) is 187 Å². The molecule has 0 aliphatic rings. The summed E-state index contributed by atoms with van der Waals surface area (Å²) in [5, 5.41) is 2.83. The topological polar surface area (TPSA) is 154 Å². The molecule has 1 amide bonds. The van der Waals surface area contributed by atoms with Crippen LogP contribution in [0.15, 0.2) is 0 Å². The molecule has 10 nitrogen and oxygen atoms in total. The van der Waals surface area contributed by atoms with Crippen LogP contribution >= 0.6 is 7.82 Å². The molecule has 13 heteroatoms. The predicted octanol–water partition coefficient (Wildman–Crippen LogP) is 1.98. The number of phosphoric ester groups is 1. The van der Waals surface area contributed by atoms with E-state index in [9.17, 15) is 28.7 Å². The molecular weight excluding hydrogens is 667 g/mol. The van der Waals surface area contributed by atoms with Crippen molar-refractivity contribution in [3.8, 4) is 0 Å². The third-order valence-electron chi connectivity index (χ3n) is 8.31. The Morgan fingerprint density at radius 2 is 0.939 bits per heavy atom. The number of phosphoric acid groups is 1. The zero-order valence-corrected chi connectivity index (χ0v) is 36.8. The number of ether oxygens (including phenoxy) is 2. The molecular formula is C36H68NNa2O9P. The summed E-state index contributed by atoms with van der Waals surface area (Å²) in [6.45, 7) is 3.54. The summed E-state index contributed by atoms with van der Waals surface area (Å²) in [4.78, 5) is 57.2. The molecule has 0 radical (unpaired) electrons. The SMILES string of the molecule is CCCCCCCCCCCCCCC(=O)O[C@@H](COC(=O)CCCCCCCCCCCCCCCNC(C)=O)COP(=O)([O-])[O-].[Na+].[Na+]. The van der Waals surface area contributed by atoms with Crippen molar-refractivity contribution in [2.24, 2.45) is 0 Å². The molecule has 278 valence electrons. The van der Waals surface area contributed by atoms with Gasteiger partial charge in [-0.3, -0.25) is 14.4 Å². The maximum absolute atomic E-state index is 12.3. The Labute approximate surface area is 343 Å². The second-order valence-electron chi connectivity index (χ2n) is 13.0. The summed E-state index contributed by atoms with van der Waals surface area (Å²) in [6.07, 6.45) is 28.0. The first-order valence-electron chi connectivity index (χ1n) is 18.9. The van der Waals surface area contributed by atoms with Crippen molar-refractivity contribution >= 4 is 25.7 Å². The van der Waals surface area contributed by atoms with E-state index in [1.54, 1.807) is 6.92 Å². The van der Waals surface area contributed by atoms with Gasteiger partial charge in [0, 0.05) is 26.3 Å². The molecule has 1 N–H and O–H groups in total. The summed E-state index contributed by atoms with van der Waals surface area (Å²) in [5.41, 5.74) is 0. The van der Waals surface area contributed by atoms with Crippen molar-refractivity contribution in [2.75, 3.05) is 19.8 Å². The fourth-order valence-electron chi connectivity index (χ4n) is 5.51. The fraction of sp³-hybridized carbons (Fsp3) is 0.917. The molecule has 0 spiro atoms. The largest absolute Gasteiger partial charge is 1.00 e. The van der Waals surface area contributed by atoms with Crippen LogP contribution in [0.25, 0.3) is 0 Å². The average Bonchev–Trinajstić information content (AvgIpc) is 3.02. The van der Waals surface area contributed by atoms with E-state index in [0.717, 1.165) is 51.5 Å². The number of unbranched alkanes of at least 4 members (excludes halogenated alkanes) is 23. The normalized spacial score (nSPS) is 11.7. The Morgan fingerprint density at radius 1 is 0.571 bits per heavy atom. The van der Waals surface area contributed by atoms with Crippen molar-refractivity contribution in [2.45, 2.75) is 193 Å². The molecule has 0 aliphatic carbocycles. The van der Waals surface area contributed by atoms with E-state index in [0.29, 0.717) is 12.8 Å². The minimum Gasteiger partial charge on any atom is -0.790 e. The van der Waals surface area contributed by atoms with Crippen molar-refractivity contribution in [3.63, 3.8) is 0 Å². The van der Waals surface area contributed by atoms with Crippen molar-refractivity contribution < 1.29 is 102 Å². The zero-order chi connectivity index (χ0) is 34.9. The summed E-state index contributed by atoms with van der Waals surface area (Å²) < 4.78 is 25.7. The van der Waals surface area contributed by atoms with E-state index in [1.807, 2.05) is 0 Å². The third kappa shape index (κ3) is 44.6. The summed E-state index contributed by atoms with van der Waals surface area (Å²) in [7, 11) is -5.25. The van der Waals surface area contributed by atoms with Crippen LogP contribution in [0, 0.1) is 0 Å². The van der Waals surface area contributed by atoms with E-state index in [1.165, 1.54) is 103 Å². The molecule has 0 aliphatic heterocycles. The molecule has 0 unspecified atom stereocenters. The number of esters is 2. The Balaban J connectivity index is -0.0000106. The number of amides is 1. The quantitative estimate of drug-likeness (QED) is 0.0446. The van der Waals surface area contributed by atoms with Gasteiger partial charge in [-0.25, -0.2) is 0 Å². The van der Waals surface area contributed by atoms with E-state index in [2.05, 4.69) is 16.8 Å². The second-order valence-corrected chi connectivity index (χ2v) is 14.2. The molecule has 0 aromatic rings. The standard InChI is InChI=1S/C36H70NO9P.2Na/c1-3-4-5-6-7-8-9-13-17-20-23-26-29-36(40)46-34(32-45-47(41,42)43)31-44-35(39)28-25-22-19-16-14-11-10-12-15-18-21-24-27-30-37-33(2)38;;/h34H,3-32H2,1-2H3,(H,37,38)(H2,41,42,43);;/q;2*+1/p-2/t34-;;/m0../s1. The first kappa shape index (κ1) is 53.9. The number of nitrogens with one attached hydrogen (secondary N) is 1. The molecule has 0 heterocycles. The number of hydrogen-bond donors (Lipinski definition) is 1. The van der Waals surface area contributed by atoms with Gasteiger partial charge < -0.3 is 33.7 Å². The molecule has 0 aromatic carbocycles. The van der Waals surface area contributed by atoms with Crippen molar-refractivity contribution in [1.82, 2.24) is 5.32 Å². The molecule has 49 heavy (non-hydrogen) atoms. The predicted molar refractivity (Wildman–Crippen MR) is 183 cm³/mol. The summed E-state index contributed by atoms with van der Waals surface area (Å²) in [5.74, 6) is -0.933. The van der Waals surface area contributed by atoms with Crippen LogP contribution in [0.2, 0.25) is 0 Å². The minimum absolute atomic E-state index is 0. The first-order valence-corrected chi connectivity index (χ1v) is 20.4. The van der Waals surface area contributed by atoms with Crippen LogP contribution in [-0.4, -0.2) is 43.7 Å². The van der Waals surface area contributed by atoms with Crippen LogP contribution in [-0.2, 0) is 32.9 Å². The van der Waals surface area contributed by atoms with Gasteiger partial charge in [-0.2, -0.15) is 0 Å². The van der Waals surface area contributed by atoms with Gasteiger partial charge >= 0.3 is 71.1 Å². The van der Waals surface area contributed by atoms with Crippen LogP contribution in [0.5, 0.6) is 0 Å². The molecule has 1 atom stereocenters. The maximum Gasteiger partial charge on any atom is 1.00 e. The number of rotatable bonds is 35. The van der Waals surface area contributed by atoms with Gasteiger partial charge in [-0.1, -0.05) is 148 Å². The van der Waals surface area contributed by atoms with E-state index in [-0.39, 0.29) is 84.5 Å². The molecule has 0 bridgehead atoms. The molecule has 0 saturated heterocycles. The Hall–Kier alpha value is 0.520. The van der Waals surface area contributed by atoms with E-state index < -0.39 is 32.5 Å². The Morgan fingerprint density at radius 3 is 1.33 bits per heavy atom. The molecule has 0 rings (SSSR count). The minimum atomic E-state index is -5.25. The van der Waals surface area contributed by atoms with Crippen molar-refractivity contribution in [1.29, 1.82) is 0 Å². The van der Waals surface area contributed by atoms with Gasteiger partial charge in [0.25, 0.3) is 0 Å². The molecule has 0 fully saturated rings.